The summed E-state index contributed by atoms with van der Waals surface area (Å²) in [7, 11) is 0. The van der Waals surface area contributed by atoms with Gasteiger partial charge in [-0.2, -0.15) is 9.97 Å². The van der Waals surface area contributed by atoms with Gasteiger partial charge in [0, 0.05) is 48.2 Å². The van der Waals surface area contributed by atoms with E-state index in [9.17, 15) is 20.2 Å². The summed E-state index contributed by atoms with van der Waals surface area (Å²) in [5, 5.41) is 23.9. The number of halogens is 8. The highest BCUT2D eigenvalue weighted by Crippen LogP contribution is 2.41. The van der Waals surface area contributed by atoms with Crippen LogP contribution in [0.3, 0.4) is 0 Å². The quantitative estimate of drug-likeness (QED) is 0.0368. The van der Waals surface area contributed by atoms with Crippen molar-refractivity contribution in [1.29, 1.82) is 0 Å². The highest BCUT2D eigenvalue weighted by Gasteiger charge is 2.27. The van der Waals surface area contributed by atoms with Crippen LogP contribution in [0.1, 0.15) is 50.0 Å². The van der Waals surface area contributed by atoms with Crippen molar-refractivity contribution in [2.24, 2.45) is 0 Å². The zero-order valence-corrected chi connectivity index (χ0v) is 37.9. The Morgan fingerprint density at radius 2 is 0.984 bits per heavy atom. The maximum absolute atomic E-state index is 11.6. The molecule has 2 heterocycles. The van der Waals surface area contributed by atoms with Gasteiger partial charge in [-0.3, -0.25) is 20.2 Å². The highest BCUT2D eigenvalue weighted by molar-refractivity contribution is 6.56. The number of pyridine rings is 2. The number of nitrogens with zero attached hydrogens (tertiary/aromatic N) is 4. The van der Waals surface area contributed by atoms with Crippen molar-refractivity contribution in [1.82, 2.24) is 9.97 Å². The third-order valence-electron chi connectivity index (χ3n) is 7.88. The van der Waals surface area contributed by atoms with Crippen molar-refractivity contribution in [2.75, 3.05) is 39.6 Å². The average molecular weight is 1010 g/mol. The van der Waals surface area contributed by atoms with Gasteiger partial charge in [0.25, 0.3) is 11.8 Å². The maximum Gasteiger partial charge on any atom is 0.331 e. The fourth-order valence-corrected chi connectivity index (χ4v) is 7.00. The van der Waals surface area contributed by atoms with Crippen molar-refractivity contribution in [3.8, 4) is 35.0 Å². The predicted molar refractivity (Wildman–Crippen MR) is 234 cm³/mol. The van der Waals surface area contributed by atoms with Crippen molar-refractivity contribution < 1.29 is 43.0 Å². The Hall–Kier alpha value is -3.90. The van der Waals surface area contributed by atoms with E-state index in [0.29, 0.717) is 22.6 Å². The molecule has 0 amide bonds. The molecule has 0 saturated carbocycles. The van der Waals surface area contributed by atoms with Gasteiger partial charge in [0.2, 0.25) is 11.8 Å². The summed E-state index contributed by atoms with van der Waals surface area (Å²) in [5.41, 5.74) is -0.0428. The molecule has 0 saturated heterocycles. The van der Waals surface area contributed by atoms with E-state index in [1.807, 2.05) is 0 Å². The zero-order chi connectivity index (χ0) is 44.6. The Kier molecular flexibility index (Phi) is 20.1. The van der Waals surface area contributed by atoms with Gasteiger partial charge in [0.1, 0.15) is 45.9 Å². The van der Waals surface area contributed by atoms with E-state index in [2.05, 4.69) is 9.97 Å². The molecule has 0 N–H and O–H groups in total. The second-order valence-electron chi connectivity index (χ2n) is 11.9. The first-order valence-electron chi connectivity index (χ1n) is 17.8. The minimum Gasteiger partial charge on any atom is -0.489 e. The lowest BCUT2D eigenvalue weighted by molar-refractivity contribution is -0.386. The standard InChI is InChI=1S/C38H34Cl8N4O11/c1-3-56-37-27(49(51)52)5-7-33(47-37)60-29(35-23(39)17-21(18-24(35)40)58-15-11-31(43)44)9-13-55-14-10-30(61-34-8-6-28(50(53)54)38(48-34)57-4-2)36-25(41)19-22(20-26(36)42)59-16-12-32(45)46/h5-8,11-12,17-20,29-30H,3-4,9-10,13-16H2,1-2H3. The number of aromatic nitrogens is 2. The van der Waals surface area contributed by atoms with Gasteiger partial charge >= 0.3 is 11.4 Å². The minimum atomic E-state index is -0.928. The number of rotatable bonds is 24. The van der Waals surface area contributed by atoms with Crippen LogP contribution in [-0.2, 0) is 4.74 Å². The van der Waals surface area contributed by atoms with Gasteiger partial charge in [0.05, 0.1) is 56.4 Å². The predicted octanol–water partition coefficient (Wildman–Crippen LogP) is 12.8. The monoisotopic (exact) mass is 1000 g/mol. The maximum atomic E-state index is 11.6. The molecule has 2 aromatic carbocycles. The second-order valence-corrected chi connectivity index (χ2v) is 15.6. The molecule has 61 heavy (non-hydrogen) atoms. The van der Waals surface area contributed by atoms with Crippen molar-refractivity contribution in [2.45, 2.75) is 38.9 Å². The number of ether oxygens (including phenoxy) is 7. The van der Waals surface area contributed by atoms with Gasteiger partial charge in [-0.25, -0.2) is 0 Å². The first kappa shape index (κ1) is 49.8. The van der Waals surface area contributed by atoms with Crippen LogP contribution in [0.2, 0.25) is 20.1 Å². The zero-order valence-electron chi connectivity index (χ0n) is 31.9. The minimum absolute atomic E-state index is 0.0115. The molecule has 4 aromatic rings. The number of benzene rings is 2. The average Bonchev–Trinajstić information content (AvgIpc) is 3.17. The molecule has 2 aromatic heterocycles. The van der Waals surface area contributed by atoms with Crippen LogP contribution in [0.5, 0.6) is 35.0 Å². The Morgan fingerprint density at radius 3 is 1.30 bits per heavy atom. The molecule has 0 fully saturated rings. The molecular formula is C38H34Cl8N4O11. The van der Waals surface area contributed by atoms with E-state index in [0.717, 1.165) is 0 Å². The molecule has 23 heteroatoms. The summed E-state index contributed by atoms with van der Waals surface area (Å²) in [4.78, 5) is 30.4. The van der Waals surface area contributed by atoms with E-state index in [1.54, 1.807) is 13.8 Å². The molecule has 0 aliphatic heterocycles. The first-order valence-corrected chi connectivity index (χ1v) is 20.9. The Labute approximate surface area is 389 Å². The molecule has 0 radical (unpaired) electrons. The molecule has 2 unspecified atom stereocenters. The summed E-state index contributed by atoms with van der Waals surface area (Å²) in [6.45, 7) is 3.63. The van der Waals surface area contributed by atoms with E-state index in [4.69, 9.17) is 126 Å². The molecule has 2 atom stereocenters. The molecule has 0 spiro atoms. The Morgan fingerprint density at radius 1 is 0.623 bits per heavy atom. The van der Waals surface area contributed by atoms with E-state index in [1.165, 1.54) is 60.7 Å². The van der Waals surface area contributed by atoms with Crippen LogP contribution < -0.4 is 28.4 Å². The van der Waals surface area contributed by atoms with Crippen LogP contribution in [0.25, 0.3) is 0 Å². The van der Waals surface area contributed by atoms with Gasteiger partial charge in [-0.05, 0) is 50.3 Å². The van der Waals surface area contributed by atoms with Crippen LogP contribution >= 0.6 is 92.8 Å². The SMILES string of the molecule is CCOc1nc(OC(CCOCCC(Oc2ccc([N+](=O)[O-])c(OCC)n2)c2c(Cl)cc(OCC=C(Cl)Cl)cc2Cl)c2c(Cl)cc(OCC=C(Cl)Cl)cc2Cl)ccc1[N+](=O)[O-]. The first-order chi connectivity index (χ1) is 29.1. The molecule has 15 nitrogen and oxygen atoms in total. The molecule has 328 valence electrons. The number of nitro groups is 2. The van der Waals surface area contributed by atoms with E-state index < -0.39 is 22.1 Å². The molecule has 0 aliphatic rings. The van der Waals surface area contributed by atoms with Crippen LogP contribution in [0.15, 0.2) is 69.7 Å². The van der Waals surface area contributed by atoms with Crippen LogP contribution in [0.4, 0.5) is 11.4 Å². The van der Waals surface area contributed by atoms with E-state index in [-0.39, 0.29) is 116 Å². The Bertz CT molecular complexity index is 2030. The van der Waals surface area contributed by atoms with Gasteiger partial charge in [0.15, 0.2) is 0 Å². The molecule has 4 rings (SSSR count). The summed E-state index contributed by atoms with van der Waals surface area (Å²) in [6, 6.07) is 11.1. The molecule has 0 aliphatic carbocycles. The lowest BCUT2D eigenvalue weighted by atomic mass is 10.1. The normalized spacial score (nSPS) is 11.8. The summed E-state index contributed by atoms with van der Waals surface area (Å²) >= 11 is 49.8. The lowest BCUT2D eigenvalue weighted by Crippen LogP contribution is -2.16. The van der Waals surface area contributed by atoms with E-state index >= 15 is 0 Å². The lowest BCUT2D eigenvalue weighted by Gasteiger charge is -2.23. The van der Waals surface area contributed by atoms with Crippen LogP contribution in [0, 0.1) is 20.2 Å². The van der Waals surface area contributed by atoms with Crippen LogP contribution in [-0.4, -0.2) is 59.5 Å². The second kappa shape index (κ2) is 24.7. The van der Waals surface area contributed by atoms with Crippen molar-refractivity contribution in [3.05, 3.63) is 121 Å². The van der Waals surface area contributed by atoms with Crippen molar-refractivity contribution in [3.63, 3.8) is 0 Å². The fraction of sp³-hybridized carbons (Fsp3) is 0.316. The topological polar surface area (TPSA) is 177 Å². The third-order valence-corrected chi connectivity index (χ3v) is 9.75. The largest absolute Gasteiger partial charge is 0.489 e. The van der Waals surface area contributed by atoms with Gasteiger partial charge in [-0.15, -0.1) is 0 Å². The molecule has 0 bridgehead atoms. The number of hydrogen-bond donors (Lipinski definition) is 0. The summed E-state index contributed by atoms with van der Waals surface area (Å²) in [6.07, 6.45) is 1.24. The summed E-state index contributed by atoms with van der Waals surface area (Å²) in [5.74, 6) is 0.0679. The Balaban J connectivity index is 1.61. The summed E-state index contributed by atoms with van der Waals surface area (Å²) < 4.78 is 40.7. The smallest absolute Gasteiger partial charge is 0.331 e. The van der Waals surface area contributed by atoms with Gasteiger partial charge < -0.3 is 33.2 Å². The molecular weight excluding hydrogens is 972 g/mol. The fourth-order valence-electron chi connectivity index (χ4n) is 5.33. The van der Waals surface area contributed by atoms with Crippen molar-refractivity contribution >= 4 is 104 Å². The highest BCUT2D eigenvalue weighted by atomic mass is 35.5. The van der Waals surface area contributed by atoms with Gasteiger partial charge in [-0.1, -0.05) is 92.8 Å². The third kappa shape index (κ3) is 15.2. The number of hydrogen-bond acceptors (Lipinski definition) is 13.